The van der Waals surface area contributed by atoms with Gasteiger partial charge >= 0.3 is 0 Å². The molecular weight excluding hydrogens is 264 g/mol. The number of hydrogen-bond acceptors (Lipinski definition) is 1. The van der Waals surface area contributed by atoms with Crippen LogP contribution in [0.1, 0.15) is 45.9 Å². The van der Waals surface area contributed by atoms with Gasteiger partial charge in [-0.05, 0) is 25.2 Å². The van der Waals surface area contributed by atoms with Crippen LogP contribution in [-0.2, 0) is 13.0 Å². The first-order valence-electron chi connectivity index (χ1n) is 6.29. The van der Waals surface area contributed by atoms with E-state index in [1.54, 1.807) is 0 Å². The number of aryl methyl sites for hydroxylation is 2. The van der Waals surface area contributed by atoms with Crippen molar-refractivity contribution in [2.75, 3.05) is 0 Å². The van der Waals surface area contributed by atoms with Crippen LogP contribution in [0.5, 0.6) is 0 Å². The molecule has 0 radical (unpaired) electrons. The summed E-state index contributed by atoms with van der Waals surface area (Å²) in [6, 6.07) is 0. The lowest BCUT2D eigenvalue weighted by molar-refractivity contribution is 0.547. The van der Waals surface area contributed by atoms with E-state index in [2.05, 4.69) is 52.4 Å². The molecule has 0 saturated carbocycles. The van der Waals surface area contributed by atoms with Crippen molar-refractivity contribution in [1.82, 2.24) is 9.55 Å². The number of rotatable bonds is 7. The highest BCUT2D eigenvalue weighted by Gasteiger charge is 2.09. The average Bonchev–Trinajstić information content (AvgIpc) is 2.66. The SMILES string of the molecule is CCCn1ccnc1CCCC(Br)C(C)C. The molecule has 2 nitrogen and oxygen atoms in total. The zero-order chi connectivity index (χ0) is 12.0. The molecule has 1 unspecified atom stereocenters. The van der Waals surface area contributed by atoms with Crippen LogP contribution in [0.3, 0.4) is 0 Å². The summed E-state index contributed by atoms with van der Waals surface area (Å²) < 4.78 is 2.28. The van der Waals surface area contributed by atoms with Crippen molar-refractivity contribution >= 4 is 15.9 Å². The molecule has 0 bridgehead atoms. The van der Waals surface area contributed by atoms with E-state index in [1.807, 2.05) is 6.20 Å². The molecular formula is C13H23BrN2. The average molecular weight is 287 g/mol. The molecule has 0 saturated heterocycles. The van der Waals surface area contributed by atoms with Crippen LogP contribution in [0, 0.1) is 5.92 Å². The van der Waals surface area contributed by atoms with Gasteiger partial charge in [-0.25, -0.2) is 4.98 Å². The van der Waals surface area contributed by atoms with E-state index in [-0.39, 0.29) is 0 Å². The molecule has 16 heavy (non-hydrogen) atoms. The predicted octanol–water partition coefficient (Wildman–Crippen LogP) is 4.04. The molecule has 1 heterocycles. The van der Waals surface area contributed by atoms with Crippen LogP contribution in [0.15, 0.2) is 12.4 Å². The number of imidazole rings is 1. The topological polar surface area (TPSA) is 17.8 Å². The lowest BCUT2D eigenvalue weighted by atomic mass is 10.1. The fourth-order valence-corrected chi connectivity index (χ4v) is 2.12. The molecule has 0 fully saturated rings. The first-order chi connectivity index (χ1) is 7.65. The van der Waals surface area contributed by atoms with Gasteiger partial charge in [0.05, 0.1) is 0 Å². The van der Waals surface area contributed by atoms with Gasteiger partial charge < -0.3 is 4.57 Å². The van der Waals surface area contributed by atoms with E-state index >= 15 is 0 Å². The fraction of sp³-hybridized carbons (Fsp3) is 0.769. The van der Waals surface area contributed by atoms with E-state index in [4.69, 9.17) is 0 Å². The lowest BCUT2D eigenvalue weighted by Gasteiger charge is -2.13. The maximum atomic E-state index is 4.42. The Bertz CT molecular complexity index is 294. The maximum Gasteiger partial charge on any atom is 0.108 e. The Labute approximate surface area is 108 Å². The smallest absolute Gasteiger partial charge is 0.108 e. The van der Waals surface area contributed by atoms with Crippen molar-refractivity contribution in [3.63, 3.8) is 0 Å². The summed E-state index contributed by atoms with van der Waals surface area (Å²) in [5, 5.41) is 0. The van der Waals surface area contributed by atoms with Crippen LogP contribution >= 0.6 is 15.9 Å². The zero-order valence-corrected chi connectivity index (χ0v) is 12.2. The minimum absolute atomic E-state index is 0.641. The predicted molar refractivity (Wildman–Crippen MR) is 73.0 cm³/mol. The Balaban J connectivity index is 2.34. The zero-order valence-electron chi connectivity index (χ0n) is 10.6. The number of halogens is 1. The molecule has 92 valence electrons. The van der Waals surface area contributed by atoms with Crippen molar-refractivity contribution in [3.8, 4) is 0 Å². The second kappa shape index (κ2) is 7.10. The Hall–Kier alpha value is -0.310. The van der Waals surface area contributed by atoms with E-state index in [1.165, 1.54) is 25.1 Å². The molecule has 1 atom stereocenters. The summed E-state index contributed by atoms with van der Waals surface area (Å²) in [4.78, 5) is 5.06. The number of aromatic nitrogens is 2. The van der Waals surface area contributed by atoms with Crippen LogP contribution < -0.4 is 0 Å². The van der Waals surface area contributed by atoms with Crippen molar-refractivity contribution in [2.24, 2.45) is 5.92 Å². The fourth-order valence-electron chi connectivity index (χ4n) is 1.80. The normalized spacial score (nSPS) is 13.3. The van der Waals surface area contributed by atoms with E-state index < -0.39 is 0 Å². The van der Waals surface area contributed by atoms with Gasteiger partial charge in [0.1, 0.15) is 5.82 Å². The minimum atomic E-state index is 0.641. The number of hydrogen-bond donors (Lipinski definition) is 0. The third kappa shape index (κ3) is 4.28. The molecule has 0 spiro atoms. The Kier molecular flexibility index (Phi) is 6.10. The third-order valence-corrected chi connectivity index (χ3v) is 4.39. The largest absolute Gasteiger partial charge is 0.335 e. The quantitative estimate of drug-likeness (QED) is 0.692. The van der Waals surface area contributed by atoms with Gasteiger partial charge in [0.25, 0.3) is 0 Å². The molecule has 0 amide bonds. The summed E-state index contributed by atoms with van der Waals surface area (Å²) >= 11 is 3.73. The summed E-state index contributed by atoms with van der Waals surface area (Å²) in [5.41, 5.74) is 0. The van der Waals surface area contributed by atoms with Gasteiger partial charge in [0, 0.05) is 30.2 Å². The summed E-state index contributed by atoms with van der Waals surface area (Å²) in [7, 11) is 0. The number of alkyl halides is 1. The van der Waals surface area contributed by atoms with Gasteiger partial charge in [0.15, 0.2) is 0 Å². The van der Waals surface area contributed by atoms with Crippen molar-refractivity contribution < 1.29 is 0 Å². The van der Waals surface area contributed by atoms with Gasteiger partial charge in [-0.15, -0.1) is 0 Å². The molecule has 0 aliphatic heterocycles. The summed E-state index contributed by atoms with van der Waals surface area (Å²) in [5.74, 6) is 1.96. The Morgan fingerprint density at radius 2 is 2.19 bits per heavy atom. The van der Waals surface area contributed by atoms with Crippen molar-refractivity contribution in [2.45, 2.75) is 57.8 Å². The van der Waals surface area contributed by atoms with Crippen LogP contribution in [0.4, 0.5) is 0 Å². The molecule has 0 aromatic carbocycles. The highest BCUT2D eigenvalue weighted by Crippen LogP contribution is 2.18. The van der Waals surface area contributed by atoms with Crippen molar-refractivity contribution in [1.29, 1.82) is 0 Å². The molecule has 1 aromatic heterocycles. The van der Waals surface area contributed by atoms with Gasteiger partial charge in [0.2, 0.25) is 0 Å². The third-order valence-electron chi connectivity index (χ3n) is 2.87. The molecule has 1 rings (SSSR count). The highest BCUT2D eigenvalue weighted by atomic mass is 79.9. The van der Waals surface area contributed by atoms with Crippen LogP contribution in [-0.4, -0.2) is 14.4 Å². The standard InChI is InChI=1S/C13H23BrN2/c1-4-9-16-10-8-15-13(16)7-5-6-12(14)11(2)3/h8,10-12H,4-7,9H2,1-3H3. The maximum absolute atomic E-state index is 4.42. The first kappa shape index (κ1) is 13.8. The second-order valence-corrected chi connectivity index (χ2v) is 5.87. The van der Waals surface area contributed by atoms with Gasteiger partial charge in [-0.1, -0.05) is 36.7 Å². The van der Waals surface area contributed by atoms with Gasteiger partial charge in [-0.2, -0.15) is 0 Å². The first-order valence-corrected chi connectivity index (χ1v) is 7.20. The second-order valence-electron chi connectivity index (χ2n) is 4.69. The Morgan fingerprint density at radius 3 is 2.81 bits per heavy atom. The van der Waals surface area contributed by atoms with E-state index in [0.717, 1.165) is 18.9 Å². The summed E-state index contributed by atoms with van der Waals surface area (Å²) in [6.07, 6.45) is 8.73. The summed E-state index contributed by atoms with van der Waals surface area (Å²) in [6.45, 7) is 7.82. The van der Waals surface area contributed by atoms with E-state index in [0.29, 0.717) is 4.83 Å². The molecule has 0 aliphatic rings. The highest BCUT2D eigenvalue weighted by molar-refractivity contribution is 9.09. The molecule has 0 N–H and O–H groups in total. The lowest BCUT2D eigenvalue weighted by Crippen LogP contribution is -2.08. The Morgan fingerprint density at radius 1 is 1.44 bits per heavy atom. The molecule has 1 aromatic rings. The molecule has 0 aliphatic carbocycles. The van der Waals surface area contributed by atoms with E-state index in [9.17, 15) is 0 Å². The van der Waals surface area contributed by atoms with Crippen LogP contribution in [0.2, 0.25) is 0 Å². The van der Waals surface area contributed by atoms with Crippen molar-refractivity contribution in [3.05, 3.63) is 18.2 Å². The monoisotopic (exact) mass is 286 g/mol. The van der Waals surface area contributed by atoms with Gasteiger partial charge in [-0.3, -0.25) is 0 Å². The minimum Gasteiger partial charge on any atom is -0.335 e. The number of nitrogens with zero attached hydrogens (tertiary/aromatic N) is 2. The molecule has 3 heteroatoms. The van der Waals surface area contributed by atoms with Crippen LogP contribution in [0.25, 0.3) is 0 Å².